The summed E-state index contributed by atoms with van der Waals surface area (Å²) >= 11 is 0. The van der Waals surface area contributed by atoms with E-state index in [9.17, 15) is 4.79 Å². The van der Waals surface area contributed by atoms with Gasteiger partial charge in [0.05, 0.1) is 19.9 Å². The van der Waals surface area contributed by atoms with Gasteiger partial charge in [-0.25, -0.2) is 13.9 Å². The molecule has 2 N–H and O–H groups in total. The highest BCUT2D eigenvalue weighted by atomic mass is 16.5. The molecule has 21 heavy (non-hydrogen) atoms. The molecular weight excluding hydrogens is 270 g/mol. The first kappa shape index (κ1) is 13.3. The van der Waals surface area contributed by atoms with E-state index in [1.807, 2.05) is 18.2 Å². The summed E-state index contributed by atoms with van der Waals surface area (Å²) in [6.45, 7) is 0.749. The van der Waals surface area contributed by atoms with Crippen molar-refractivity contribution < 1.29 is 4.74 Å². The van der Waals surface area contributed by atoms with Crippen molar-refractivity contribution in [3.63, 3.8) is 0 Å². The highest BCUT2D eigenvalue weighted by molar-refractivity contribution is 5.38. The van der Waals surface area contributed by atoms with Crippen LogP contribution in [0.2, 0.25) is 0 Å². The van der Waals surface area contributed by atoms with Crippen molar-refractivity contribution in [2.75, 3.05) is 7.11 Å². The van der Waals surface area contributed by atoms with Crippen LogP contribution in [0.15, 0.2) is 41.6 Å². The maximum Gasteiger partial charge on any atom is 0.350 e. The summed E-state index contributed by atoms with van der Waals surface area (Å²) in [5, 5.41) is 4.26. The lowest BCUT2D eigenvalue weighted by Crippen LogP contribution is -2.22. The van der Waals surface area contributed by atoms with E-state index in [0.717, 1.165) is 11.1 Å². The largest absolute Gasteiger partial charge is 0.496 e. The molecule has 7 heteroatoms. The van der Waals surface area contributed by atoms with Gasteiger partial charge in [0, 0.05) is 24.5 Å². The van der Waals surface area contributed by atoms with E-state index in [0.29, 0.717) is 24.5 Å². The van der Waals surface area contributed by atoms with E-state index in [1.165, 1.54) is 9.08 Å². The van der Waals surface area contributed by atoms with Gasteiger partial charge in [-0.1, -0.05) is 6.07 Å². The molecule has 0 saturated carbocycles. The summed E-state index contributed by atoms with van der Waals surface area (Å²) in [5.41, 5.74) is 7.79. The lowest BCUT2D eigenvalue weighted by atomic mass is 10.1. The molecule has 1 aromatic carbocycles. The summed E-state index contributed by atoms with van der Waals surface area (Å²) in [6.07, 6.45) is 4.69. The number of nitrogens with zero attached hydrogens (tertiary/aromatic N) is 4. The third kappa shape index (κ3) is 2.38. The van der Waals surface area contributed by atoms with Crippen LogP contribution < -0.4 is 16.2 Å². The lowest BCUT2D eigenvalue weighted by Gasteiger charge is -2.09. The Morgan fingerprint density at radius 1 is 1.38 bits per heavy atom. The van der Waals surface area contributed by atoms with Crippen molar-refractivity contribution in [1.29, 1.82) is 0 Å². The topological polar surface area (TPSA) is 87.4 Å². The Labute approximate surface area is 120 Å². The second-order valence-electron chi connectivity index (χ2n) is 4.60. The van der Waals surface area contributed by atoms with Gasteiger partial charge < -0.3 is 10.5 Å². The van der Waals surface area contributed by atoms with Gasteiger partial charge in [-0.2, -0.15) is 0 Å². The van der Waals surface area contributed by atoms with Crippen molar-refractivity contribution >= 4 is 5.65 Å². The fourth-order valence-corrected chi connectivity index (χ4v) is 2.23. The van der Waals surface area contributed by atoms with E-state index in [-0.39, 0.29) is 5.69 Å². The lowest BCUT2D eigenvalue weighted by molar-refractivity contribution is 0.407. The Bertz CT molecular complexity index is 837. The molecule has 0 aliphatic heterocycles. The molecular formula is C14H15N5O2. The molecule has 0 saturated heterocycles. The van der Waals surface area contributed by atoms with Gasteiger partial charge in [0.25, 0.3) is 0 Å². The summed E-state index contributed by atoms with van der Waals surface area (Å²) in [5.74, 6) is 0.703. The molecule has 2 heterocycles. The van der Waals surface area contributed by atoms with E-state index in [4.69, 9.17) is 10.5 Å². The van der Waals surface area contributed by atoms with Crippen LogP contribution in [0.4, 0.5) is 0 Å². The van der Waals surface area contributed by atoms with Crippen LogP contribution >= 0.6 is 0 Å². The number of rotatable bonds is 4. The van der Waals surface area contributed by atoms with E-state index >= 15 is 0 Å². The third-order valence-electron chi connectivity index (χ3n) is 3.29. The Balaban J connectivity index is 2.06. The number of nitrogens with two attached hydrogens (primary N) is 1. The van der Waals surface area contributed by atoms with Gasteiger partial charge in [0.1, 0.15) is 5.75 Å². The smallest absolute Gasteiger partial charge is 0.350 e. The number of fused-ring (bicyclic) bond motifs is 1. The summed E-state index contributed by atoms with van der Waals surface area (Å²) < 4.78 is 8.16. The molecule has 0 atom stereocenters. The molecule has 108 valence electrons. The number of hydrogen-bond donors (Lipinski definition) is 1. The van der Waals surface area contributed by atoms with Crippen LogP contribution in [0, 0.1) is 0 Å². The van der Waals surface area contributed by atoms with Crippen LogP contribution in [0.1, 0.15) is 11.1 Å². The van der Waals surface area contributed by atoms with Crippen LogP contribution in [0.25, 0.3) is 5.65 Å². The predicted octanol–water partition coefficient (Wildman–Crippen LogP) is 0.407. The van der Waals surface area contributed by atoms with E-state index in [2.05, 4.69) is 10.1 Å². The highest BCUT2D eigenvalue weighted by Gasteiger charge is 2.10. The van der Waals surface area contributed by atoms with Gasteiger partial charge in [0.2, 0.25) is 0 Å². The zero-order valence-electron chi connectivity index (χ0n) is 11.6. The van der Waals surface area contributed by atoms with Gasteiger partial charge in [-0.3, -0.25) is 4.98 Å². The Hall–Kier alpha value is -2.67. The van der Waals surface area contributed by atoms with Crippen LogP contribution in [0.5, 0.6) is 5.75 Å². The molecule has 0 unspecified atom stereocenters. The minimum absolute atomic E-state index is 0.215. The van der Waals surface area contributed by atoms with Crippen LogP contribution in [0.3, 0.4) is 0 Å². The maximum atomic E-state index is 12.3. The molecule has 7 nitrogen and oxygen atoms in total. The van der Waals surface area contributed by atoms with Crippen molar-refractivity contribution in [2.24, 2.45) is 5.73 Å². The molecule has 0 amide bonds. The molecule has 3 aromatic rings. The van der Waals surface area contributed by atoms with E-state index in [1.54, 1.807) is 25.7 Å². The first-order valence-electron chi connectivity index (χ1n) is 6.48. The van der Waals surface area contributed by atoms with Gasteiger partial charge in [-0.15, -0.1) is 5.10 Å². The Kier molecular flexibility index (Phi) is 3.41. The standard InChI is InChI=1S/C14H15N5O2/c1-21-12-3-2-10(7-15)6-11(12)9-19-14(20)18-5-4-16-8-13(18)17-19/h2-6,8H,7,9,15H2,1H3. The van der Waals surface area contributed by atoms with Gasteiger partial charge in [0.15, 0.2) is 5.65 Å². The molecule has 2 aromatic heterocycles. The van der Waals surface area contributed by atoms with E-state index < -0.39 is 0 Å². The zero-order valence-corrected chi connectivity index (χ0v) is 11.6. The first-order chi connectivity index (χ1) is 10.2. The number of aromatic nitrogens is 4. The average molecular weight is 285 g/mol. The fraction of sp³-hybridized carbons (Fsp3) is 0.214. The van der Waals surface area contributed by atoms with Gasteiger partial charge >= 0.3 is 5.69 Å². The Morgan fingerprint density at radius 3 is 2.95 bits per heavy atom. The zero-order chi connectivity index (χ0) is 14.8. The molecule has 0 spiro atoms. The van der Waals surface area contributed by atoms with Crippen LogP contribution in [-0.2, 0) is 13.1 Å². The SMILES string of the molecule is COc1ccc(CN)cc1Cn1nc2cnccn2c1=O. The highest BCUT2D eigenvalue weighted by Crippen LogP contribution is 2.20. The quantitative estimate of drug-likeness (QED) is 0.750. The molecule has 0 aliphatic rings. The molecule has 0 aliphatic carbocycles. The third-order valence-corrected chi connectivity index (χ3v) is 3.29. The molecule has 3 rings (SSSR count). The minimum atomic E-state index is -0.215. The first-order valence-corrected chi connectivity index (χ1v) is 6.48. The maximum absolute atomic E-state index is 12.3. The summed E-state index contributed by atoms with van der Waals surface area (Å²) in [6, 6.07) is 5.67. The molecule has 0 radical (unpaired) electrons. The van der Waals surface area contributed by atoms with Crippen molar-refractivity contribution in [3.8, 4) is 5.75 Å². The average Bonchev–Trinajstić information content (AvgIpc) is 2.84. The number of ether oxygens (including phenoxy) is 1. The molecule has 0 fully saturated rings. The second-order valence-corrected chi connectivity index (χ2v) is 4.60. The normalized spacial score (nSPS) is 11.0. The Morgan fingerprint density at radius 2 is 2.24 bits per heavy atom. The number of methoxy groups -OCH3 is 1. The molecule has 0 bridgehead atoms. The predicted molar refractivity (Wildman–Crippen MR) is 77.2 cm³/mol. The van der Waals surface area contributed by atoms with Crippen molar-refractivity contribution in [1.82, 2.24) is 19.2 Å². The monoisotopic (exact) mass is 285 g/mol. The minimum Gasteiger partial charge on any atom is -0.496 e. The van der Waals surface area contributed by atoms with Gasteiger partial charge in [-0.05, 0) is 17.7 Å². The number of hydrogen-bond acceptors (Lipinski definition) is 5. The summed E-state index contributed by atoms with van der Waals surface area (Å²) in [7, 11) is 1.59. The fourth-order valence-electron chi connectivity index (χ4n) is 2.23. The van der Waals surface area contributed by atoms with Crippen molar-refractivity contribution in [2.45, 2.75) is 13.1 Å². The second kappa shape index (κ2) is 5.37. The van der Waals surface area contributed by atoms with Crippen LogP contribution in [-0.4, -0.2) is 26.3 Å². The summed E-state index contributed by atoms with van der Waals surface area (Å²) in [4.78, 5) is 16.2. The van der Waals surface area contributed by atoms with Crippen molar-refractivity contribution in [3.05, 3.63) is 58.4 Å². The number of benzene rings is 1.